The monoisotopic (exact) mass is 328 g/mol. The second-order valence-electron chi connectivity index (χ2n) is 5.66. The zero-order valence-electron chi connectivity index (χ0n) is 13.0. The van der Waals surface area contributed by atoms with Gasteiger partial charge in [0.25, 0.3) is 5.91 Å². The normalized spacial score (nSPS) is 11.4. The molecule has 2 aromatic heterocycles. The van der Waals surface area contributed by atoms with E-state index in [1.807, 2.05) is 33.0 Å². The lowest BCUT2D eigenvalue weighted by Crippen LogP contribution is -2.40. The summed E-state index contributed by atoms with van der Waals surface area (Å²) in [5, 5.41) is 14.9. The van der Waals surface area contributed by atoms with E-state index in [0.29, 0.717) is 5.56 Å². The molecule has 1 N–H and O–H groups in total. The van der Waals surface area contributed by atoms with Crippen molar-refractivity contribution in [1.82, 2.24) is 30.5 Å². The number of tetrazole rings is 1. The quantitative estimate of drug-likeness (QED) is 0.792. The SMILES string of the molecule is Cc1cnc(C(C)(C)NC(=O)c2cccc(-n3cnnn3)c2)s1. The number of carbonyl (C=O) groups is 1. The van der Waals surface area contributed by atoms with Crippen molar-refractivity contribution < 1.29 is 4.79 Å². The summed E-state index contributed by atoms with van der Waals surface area (Å²) in [6.45, 7) is 5.87. The van der Waals surface area contributed by atoms with Crippen molar-refractivity contribution in [3.05, 3.63) is 52.2 Å². The van der Waals surface area contributed by atoms with Crippen LogP contribution in [0.3, 0.4) is 0 Å². The van der Waals surface area contributed by atoms with Crippen LogP contribution in [0.25, 0.3) is 5.69 Å². The molecule has 3 aromatic rings. The van der Waals surface area contributed by atoms with Gasteiger partial charge in [0.15, 0.2) is 0 Å². The number of rotatable bonds is 4. The maximum Gasteiger partial charge on any atom is 0.252 e. The van der Waals surface area contributed by atoms with Crippen molar-refractivity contribution in [2.75, 3.05) is 0 Å². The van der Waals surface area contributed by atoms with Crippen molar-refractivity contribution in [2.24, 2.45) is 0 Å². The van der Waals surface area contributed by atoms with E-state index in [9.17, 15) is 4.79 Å². The Labute approximate surface area is 137 Å². The highest BCUT2D eigenvalue weighted by molar-refractivity contribution is 7.11. The van der Waals surface area contributed by atoms with Gasteiger partial charge < -0.3 is 5.32 Å². The number of carbonyl (C=O) groups excluding carboxylic acids is 1. The van der Waals surface area contributed by atoms with Gasteiger partial charge in [-0.3, -0.25) is 4.79 Å². The maximum atomic E-state index is 12.6. The van der Waals surface area contributed by atoms with E-state index in [4.69, 9.17) is 0 Å². The molecule has 7 nitrogen and oxygen atoms in total. The molecule has 0 radical (unpaired) electrons. The van der Waals surface area contributed by atoms with Crippen molar-refractivity contribution >= 4 is 17.2 Å². The van der Waals surface area contributed by atoms with E-state index in [2.05, 4.69) is 25.8 Å². The first kappa shape index (κ1) is 15.3. The third-order valence-electron chi connectivity index (χ3n) is 3.30. The van der Waals surface area contributed by atoms with Gasteiger partial charge in [0, 0.05) is 16.6 Å². The zero-order chi connectivity index (χ0) is 16.4. The van der Waals surface area contributed by atoms with Crippen LogP contribution in [0.2, 0.25) is 0 Å². The van der Waals surface area contributed by atoms with Gasteiger partial charge in [-0.1, -0.05) is 6.07 Å². The van der Waals surface area contributed by atoms with Crippen LogP contribution in [0.1, 0.15) is 34.1 Å². The average Bonchev–Trinajstić information content (AvgIpc) is 3.18. The molecule has 0 unspecified atom stereocenters. The summed E-state index contributed by atoms with van der Waals surface area (Å²) in [5.41, 5.74) is 0.728. The van der Waals surface area contributed by atoms with Gasteiger partial charge >= 0.3 is 0 Å². The van der Waals surface area contributed by atoms with Gasteiger partial charge in [0.2, 0.25) is 0 Å². The number of hydrogen-bond donors (Lipinski definition) is 1. The molecular weight excluding hydrogens is 312 g/mol. The van der Waals surface area contributed by atoms with E-state index < -0.39 is 5.54 Å². The molecule has 0 atom stereocenters. The van der Waals surface area contributed by atoms with Crippen LogP contribution >= 0.6 is 11.3 Å². The molecule has 23 heavy (non-hydrogen) atoms. The second-order valence-corrected chi connectivity index (χ2v) is 6.89. The van der Waals surface area contributed by atoms with Gasteiger partial charge in [-0.15, -0.1) is 16.4 Å². The first-order chi connectivity index (χ1) is 11.0. The highest BCUT2D eigenvalue weighted by Crippen LogP contribution is 2.25. The summed E-state index contributed by atoms with van der Waals surface area (Å²) in [6, 6.07) is 7.14. The highest BCUT2D eigenvalue weighted by Gasteiger charge is 2.26. The molecule has 1 amide bonds. The summed E-state index contributed by atoms with van der Waals surface area (Å²) in [6.07, 6.45) is 3.30. The number of amides is 1. The molecule has 8 heteroatoms. The predicted molar refractivity (Wildman–Crippen MR) is 86.5 cm³/mol. The summed E-state index contributed by atoms with van der Waals surface area (Å²) in [7, 11) is 0. The standard InChI is InChI=1S/C15H16N6OS/c1-10-8-16-14(23-10)15(2,3)18-13(22)11-5-4-6-12(7-11)21-9-17-19-20-21/h4-9H,1-3H3,(H,18,22). The minimum Gasteiger partial charge on any atom is -0.341 e. The largest absolute Gasteiger partial charge is 0.341 e. The Kier molecular flexibility index (Phi) is 3.91. The van der Waals surface area contributed by atoms with Crippen LogP contribution in [-0.2, 0) is 5.54 Å². The summed E-state index contributed by atoms with van der Waals surface area (Å²) in [5.74, 6) is -0.169. The number of nitrogens with one attached hydrogen (secondary N) is 1. The van der Waals surface area contributed by atoms with E-state index in [1.165, 1.54) is 11.0 Å². The molecule has 1 aromatic carbocycles. The molecule has 0 aliphatic rings. The van der Waals surface area contributed by atoms with Crippen molar-refractivity contribution in [3.63, 3.8) is 0 Å². The molecule has 118 valence electrons. The molecule has 0 fully saturated rings. The molecule has 2 heterocycles. The van der Waals surface area contributed by atoms with Crippen molar-refractivity contribution in [3.8, 4) is 5.69 Å². The third kappa shape index (κ3) is 3.26. The number of benzene rings is 1. The Morgan fingerprint density at radius 2 is 2.17 bits per heavy atom. The lowest BCUT2D eigenvalue weighted by molar-refractivity contribution is 0.0912. The van der Waals surface area contributed by atoms with Gasteiger partial charge in [-0.25, -0.2) is 9.67 Å². The van der Waals surface area contributed by atoms with E-state index in [0.717, 1.165) is 15.6 Å². The van der Waals surface area contributed by atoms with E-state index in [1.54, 1.807) is 29.5 Å². The lowest BCUT2D eigenvalue weighted by Gasteiger charge is -2.24. The Bertz CT molecular complexity index is 824. The number of nitrogens with zero attached hydrogens (tertiary/aromatic N) is 5. The Hall–Kier alpha value is -2.61. The van der Waals surface area contributed by atoms with Gasteiger partial charge in [0.05, 0.1) is 11.2 Å². The number of aryl methyl sites for hydroxylation is 1. The Balaban J connectivity index is 1.82. The van der Waals surface area contributed by atoms with Crippen LogP contribution in [0.15, 0.2) is 36.8 Å². The van der Waals surface area contributed by atoms with Gasteiger partial charge in [-0.2, -0.15) is 0 Å². The fourth-order valence-electron chi connectivity index (χ4n) is 2.12. The minimum atomic E-state index is -0.541. The lowest BCUT2D eigenvalue weighted by atomic mass is 10.1. The second kappa shape index (κ2) is 5.88. The molecule has 0 aliphatic carbocycles. The van der Waals surface area contributed by atoms with E-state index >= 15 is 0 Å². The number of thiazole rings is 1. The molecule has 3 rings (SSSR count). The molecule has 0 spiro atoms. The third-order valence-corrected chi connectivity index (χ3v) is 4.54. The van der Waals surface area contributed by atoms with Crippen LogP contribution in [0.5, 0.6) is 0 Å². The molecule has 0 saturated heterocycles. The first-order valence-electron chi connectivity index (χ1n) is 7.04. The minimum absolute atomic E-state index is 0.169. The average molecular weight is 328 g/mol. The van der Waals surface area contributed by atoms with E-state index in [-0.39, 0.29) is 5.91 Å². The van der Waals surface area contributed by atoms with Crippen molar-refractivity contribution in [1.29, 1.82) is 0 Å². The Morgan fingerprint density at radius 1 is 1.35 bits per heavy atom. The molecular formula is C15H16N6OS. The van der Waals surface area contributed by atoms with Gasteiger partial charge in [-0.05, 0) is 49.4 Å². The smallest absolute Gasteiger partial charge is 0.252 e. The predicted octanol–water partition coefficient (Wildman–Crippen LogP) is 2.09. The van der Waals surface area contributed by atoms with Crippen molar-refractivity contribution in [2.45, 2.75) is 26.3 Å². The fraction of sp³-hybridized carbons (Fsp3) is 0.267. The summed E-state index contributed by atoms with van der Waals surface area (Å²) < 4.78 is 1.51. The van der Waals surface area contributed by atoms with Gasteiger partial charge in [0.1, 0.15) is 11.3 Å². The zero-order valence-corrected chi connectivity index (χ0v) is 13.8. The van der Waals surface area contributed by atoms with Crippen LogP contribution in [0, 0.1) is 6.92 Å². The van der Waals surface area contributed by atoms with Crippen LogP contribution < -0.4 is 5.32 Å². The number of hydrogen-bond acceptors (Lipinski definition) is 6. The maximum absolute atomic E-state index is 12.6. The first-order valence-corrected chi connectivity index (χ1v) is 7.86. The van der Waals surface area contributed by atoms with Crippen LogP contribution in [0.4, 0.5) is 0 Å². The topological polar surface area (TPSA) is 85.6 Å². The molecule has 0 saturated carbocycles. The fourth-order valence-corrected chi connectivity index (χ4v) is 2.94. The Morgan fingerprint density at radius 3 is 2.83 bits per heavy atom. The number of aromatic nitrogens is 5. The van der Waals surface area contributed by atoms with Crippen LogP contribution in [-0.4, -0.2) is 31.1 Å². The molecule has 0 bridgehead atoms. The summed E-state index contributed by atoms with van der Waals surface area (Å²) >= 11 is 1.58. The molecule has 0 aliphatic heterocycles. The highest BCUT2D eigenvalue weighted by atomic mass is 32.1. The summed E-state index contributed by atoms with van der Waals surface area (Å²) in [4.78, 5) is 18.0.